The van der Waals surface area contributed by atoms with Crippen molar-refractivity contribution in [1.29, 1.82) is 0 Å². The second-order valence-electron chi connectivity index (χ2n) is 23.3. The molecular weight excluding hydrogens is 1000 g/mol. The fraction of sp³-hybridized carbons (Fsp3) is 0.892. The van der Waals surface area contributed by atoms with Gasteiger partial charge in [0.15, 0.2) is 12.6 Å². The van der Waals surface area contributed by atoms with Crippen LogP contribution < -0.4 is 5.32 Å². The molecule has 12 atom stereocenters. The SMILES string of the molecule is C/C=C/CC/C=C/CC/C=C/C(O)C(COC1OC(CO)C(OC2OC(CO)C(O)C(O)C2O)C(O)C1O)NC(=O)CCCCCCCCCCCCCCCCCCCCCCCCCCCCCCCCCCCCCC. The lowest BCUT2D eigenvalue weighted by Gasteiger charge is -2.46. The lowest BCUT2D eigenvalue weighted by atomic mass is 9.97. The summed E-state index contributed by atoms with van der Waals surface area (Å²) in [7, 11) is 0. The average Bonchev–Trinajstić information content (AvgIpc) is 3.48. The molecule has 0 aliphatic carbocycles. The van der Waals surface area contributed by atoms with Gasteiger partial charge in [-0.2, -0.15) is 0 Å². The summed E-state index contributed by atoms with van der Waals surface area (Å²) in [6.45, 7) is 2.55. The average molecular weight is 1120 g/mol. The van der Waals surface area contributed by atoms with Gasteiger partial charge >= 0.3 is 0 Å². The smallest absolute Gasteiger partial charge is 0.220 e. The Balaban J connectivity index is 1.54. The molecule has 2 saturated heterocycles. The maximum atomic E-state index is 13.2. The van der Waals surface area contributed by atoms with Crippen LogP contribution in [0.5, 0.6) is 0 Å². The molecule has 0 aromatic rings. The van der Waals surface area contributed by atoms with Gasteiger partial charge < -0.3 is 65.1 Å². The normalized spacial score (nSPS) is 24.6. The second kappa shape index (κ2) is 50.7. The molecule has 0 radical (unpaired) electrons. The molecule has 0 bridgehead atoms. The van der Waals surface area contributed by atoms with E-state index in [9.17, 15) is 45.6 Å². The van der Waals surface area contributed by atoms with Gasteiger partial charge in [-0.3, -0.25) is 4.79 Å². The number of aliphatic hydroxyl groups is 8. The molecule has 2 aliphatic rings. The van der Waals surface area contributed by atoms with Gasteiger partial charge in [0.1, 0.15) is 48.8 Å². The summed E-state index contributed by atoms with van der Waals surface area (Å²) in [5.41, 5.74) is 0. The minimum absolute atomic E-state index is 0.252. The van der Waals surface area contributed by atoms with Crippen LogP contribution in [-0.2, 0) is 23.7 Å². The van der Waals surface area contributed by atoms with Crippen molar-refractivity contribution in [1.82, 2.24) is 5.32 Å². The van der Waals surface area contributed by atoms with Crippen molar-refractivity contribution in [3.05, 3.63) is 36.5 Å². The van der Waals surface area contributed by atoms with E-state index in [1.165, 1.54) is 205 Å². The molecule has 2 rings (SSSR count). The van der Waals surface area contributed by atoms with E-state index in [2.05, 4.69) is 30.5 Å². The van der Waals surface area contributed by atoms with Gasteiger partial charge in [0, 0.05) is 6.42 Å². The number of carbonyl (C=O) groups excluding carboxylic acids is 1. The standard InChI is InChI=1S/C65H121NO13/c1-3-5-7-9-11-13-14-15-16-17-18-19-20-21-22-23-24-25-26-27-28-29-30-31-32-33-34-35-36-37-38-39-41-43-45-47-49-57(70)66-53(54(69)48-46-44-42-40-12-10-8-6-4-2)52-76-64-62(75)60(73)63(56(51-68)78-64)79-65-61(74)59(72)58(71)55(50-67)77-65/h4,6,12,40,46,48,53-56,58-65,67-69,71-75H,3,5,7-11,13-39,41-45,47,49-52H2,1-2H3,(H,66,70)/b6-4+,40-12+,48-46+. The summed E-state index contributed by atoms with van der Waals surface area (Å²) in [6.07, 6.45) is 47.1. The van der Waals surface area contributed by atoms with Crippen LogP contribution in [0.25, 0.3) is 0 Å². The van der Waals surface area contributed by atoms with Crippen LogP contribution in [0.3, 0.4) is 0 Å². The van der Waals surface area contributed by atoms with Crippen LogP contribution in [0.2, 0.25) is 0 Å². The Morgan fingerprint density at radius 3 is 1.24 bits per heavy atom. The molecule has 0 aromatic heterocycles. The highest BCUT2D eigenvalue weighted by atomic mass is 16.7. The first kappa shape index (κ1) is 73.3. The zero-order chi connectivity index (χ0) is 57.4. The van der Waals surface area contributed by atoms with E-state index < -0.39 is 86.8 Å². The number of allylic oxidation sites excluding steroid dienone is 5. The van der Waals surface area contributed by atoms with E-state index in [0.717, 1.165) is 38.5 Å². The van der Waals surface area contributed by atoms with Crippen LogP contribution in [0.1, 0.15) is 277 Å². The number of hydrogen-bond acceptors (Lipinski definition) is 13. The van der Waals surface area contributed by atoms with Crippen molar-refractivity contribution in [2.45, 2.75) is 351 Å². The molecule has 1 amide bonds. The summed E-state index contributed by atoms with van der Waals surface area (Å²) >= 11 is 0. The zero-order valence-electron chi connectivity index (χ0n) is 50.1. The largest absolute Gasteiger partial charge is 0.394 e. The zero-order valence-corrected chi connectivity index (χ0v) is 50.1. The number of rotatable bonds is 53. The van der Waals surface area contributed by atoms with Crippen molar-refractivity contribution >= 4 is 5.91 Å². The summed E-state index contributed by atoms with van der Waals surface area (Å²) in [5, 5.41) is 86.8. The molecule has 14 nitrogen and oxygen atoms in total. The molecule has 2 fully saturated rings. The Morgan fingerprint density at radius 1 is 0.468 bits per heavy atom. The minimum Gasteiger partial charge on any atom is -0.394 e. The minimum atomic E-state index is -1.79. The summed E-state index contributed by atoms with van der Waals surface area (Å²) < 4.78 is 22.7. The van der Waals surface area contributed by atoms with Gasteiger partial charge in [0.25, 0.3) is 0 Å². The Labute approximate surface area is 481 Å². The lowest BCUT2D eigenvalue weighted by molar-refractivity contribution is -0.359. The fourth-order valence-corrected chi connectivity index (χ4v) is 10.9. The summed E-state index contributed by atoms with van der Waals surface area (Å²) in [6, 6.07) is -0.934. The van der Waals surface area contributed by atoms with Gasteiger partial charge in [-0.1, -0.05) is 268 Å². The van der Waals surface area contributed by atoms with Gasteiger partial charge in [0.2, 0.25) is 5.91 Å². The second-order valence-corrected chi connectivity index (χ2v) is 23.3. The monoisotopic (exact) mass is 1120 g/mol. The van der Waals surface area contributed by atoms with Crippen molar-refractivity contribution < 1.29 is 64.6 Å². The predicted octanol–water partition coefficient (Wildman–Crippen LogP) is 12.2. The third-order valence-corrected chi connectivity index (χ3v) is 16.2. The van der Waals surface area contributed by atoms with Crippen molar-refractivity contribution in [2.24, 2.45) is 0 Å². The Bertz CT molecular complexity index is 1460. The highest BCUT2D eigenvalue weighted by molar-refractivity contribution is 5.76. The van der Waals surface area contributed by atoms with E-state index in [4.69, 9.17) is 18.9 Å². The quantitative estimate of drug-likeness (QED) is 0.0204. The summed E-state index contributed by atoms with van der Waals surface area (Å²) in [5.74, 6) is -0.252. The van der Waals surface area contributed by atoms with Crippen LogP contribution in [0, 0.1) is 0 Å². The molecular formula is C65H121NO13. The van der Waals surface area contributed by atoms with Crippen LogP contribution in [0.4, 0.5) is 0 Å². The number of aliphatic hydroxyl groups excluding tert-OH is 8. The Hall–Kier alpha value is -1.79. The number of hydrogen-bond donors (Lipinski definition) is 9. The number of ether oxygens (including phenoxy) is 4. The van der Waals surface area contributed by atoms with Gasteiger partial charge in [-0.15, -0.1) is 0 Å². The van der Waals surface area contributed by atoms with Gasteiger partial charge in [0.05, 0.1) is 32.0 Å². The molecule has 2 heterocycles. The molecule has 0 aromatic carbocycles. The molecule has 79 heavy (non-hydrogen) atoms. The van der Waals surface area contributed by atoms with Crippen molar-refractivity contribution in [3.63, 3.8) is 0 Å². The van der Waals surface area contributed by atoms with Gasteiger partial charge in [-0.05, 0) is 39.0 Å². The molecule has 0 saturated carbocycles. The van der Waals surface area contributed by atoms with Crippen molar-refractivity contribution in [2.75, 3.05) is 19.8 Å². The predicted molar refractivity (Wildman–Crippen MR) is 318 cm³/mol. The van der Waals surface area contributed by atoms with E-state index in [-0.39, 0.29) is 18.9 Å². The molecule has 9 N–H and O–H groups in total. The van der Waals surface area contributed by atoms with Crippen LogP contribution in [0.15, 0.2) is 36.5 Å². The molecule has 464 valence electrons. The van der Waals surface area contributed by atoms with Gasteiger partial charge in [-0.25, -0.2) is 0 Å². The number of carbonyl (C=O) groups is 1. The van der Waals surface area contributed by atoms with E-state index in [0.29, 0.717) is 12.8 Å². The first-order chi connectivity index (χ1) is 38.6. The Kier molecular flexibility index (Phi) is 47.0. The molecule has 12 unspecified atom stereocenters. The molecule has 2 aliphatic heterocycles. The number of unbranched alkanes of at least 4 members (excludes halogenated alkanes) is 37. The number of amides is 1. The highest BCUT2D eigenvalue weighted by Crippen LogP contribution is 2.30. The van der Waals surface area contributed by atoms with E-state index in [1.807, 2.05) is 19.1 Å². The van der Waals surface area contributed by atoms with Crippen LogP contribution in [-0.4, -0.2) is 140 Å². The summed E-state index contributed by atoms with van der Waals surface area (Å²) in [4.78, 5) is 13.2. The first-order valence-electron chi connectivity index (χ1n) is 32.7. The topological polar surface area (TPSA) is 228 Å². The lowest BCUT2D eigenvalue weighted by Crippen LogP contribution is -2.65. The fourth-order valence-electron chi connectivity index (χ4n) is 10.9. The third-order valence-electron chi connectivity index (χ3n) is 16.2. The Morgan fingerprint density at radius 2 is 0.835 bits per heavy atom. The maximum absolute atomic E-state index is 13.2. The van der Waals surface area contributed by atoms with E-state index >= 15 is 0 Å². The highest BCUT2D eigenvalue weighted by Gasteiger charge is 2.51. The molecule has 0 spiro atoms. The van der Waals surface area contributed by atoms with E-state index in [1.54, 1.807) is 6.08 Å². The third kappa shape index (κ3) is 35.8. The van der Waals surface area contributed by atoms with Crippen molar-refractivity contribution in [3.8, 4) is 0 Å². The number of nitrogens with one attached hydrogen (secondary N) is 1. The molecule has 14 heteroatoms. The van der Waals surface area contributed by atoms with Crippen LogP contribution >= 0.6 is 0 Å². The maximum Gasteiger partial charge on any atom is 0.220 e. The first-order valence-corrected chi connectivity index (χ1v) is 32.7.